The number of alkyl halides is 6. The number of allylic oxidation sites excluding steroid dienone is 12. The van der Waals surface area contributed by atoms with Crippen molar-refractivity contribution in [2.75, 3.05) is 0 Å². The maximum absolute atomic E-state index is 13.9. The molecule has 148 valence electrons. The topological polar surface area (TPSA) is 23.1 Å². The van der Waals surface area contributed by atoms with Crippen LogP contribution in [0.3, 0.4) is 0 Å². The summed E-state index contributed by atoms with van der Waals surface area (Å²) in [6, 6.07) is 0. The Hall–Kier alpha value is -0.747. The van der Waals surface area contributed by atoms with Crippen molar-refractivity contribution in [2.45, 2.75) is 37.0 Å². The van der Waals surface area contributed by atoms with Gasteiger partial charge in [-0.3, -0.25) is 0 Å². The number of rotatable bonds is 3. The average Bonchev–Trinajstić information content (AvgIpc) is 2.51. The van der Waals surface area contributed by atoms with Gasteiger partial charge in [0.25, 0.3) is 17.8 Å². The molecule has 0 atom stereocenters. The van der Waals surface area contributed by atoms with Gasteiger partial charge < -0.3 is 17.2 Å². The first-order valence-electron chi connectivity index (χ1n) is 7.94. The predicted molar refractivity (Wildman–Crippen MR) is 91.9 cm³/mol. The Morgan fingerprint density at radius 2 is 0.893 bits per heavy atom. The van der Waals surface area contributed by atoms with Gasteiger partial charge in [0.15, 0.2) is 0 Å². The largest absolute Gasteiger partial charge is 2.00 e. The summed E-state index contributed by atoms with van der Waals surface area (Å²) in [4.78, 5) is 13.9. The van der Waals surface area contributed by atoms with Gasteiger partial charge in [0.2, 0.25) is 0 Å². The normalized spacial score (nSPS) is 24.3. The van der Waals surface area contributed by atoms with Crippen molar-refractivity contribution in [2.24, 2.45) is 0 Å². The predicted octanol–water partition coefficient (Wildman–Crippen LogP) is 1.10. The van der Waals surface area contributed by atoms with E-state index in [9.17, 15) is 31.1 Å². The molecule has 3 rings (SSSR count). The van der Waals surface area contributed by atoms with Crippen LogP contribution in [-0.2, 0) is 0 Å². The van der Waals surface area contributed by atoms with Crippen LogP contribution in [0.25, 0.3) is 0 Å². The van der Waals surface area contributed by atoms with Crippen LogP contribution in [0, 0.1) is 0 Å². The summed E-state index contributed by atoms with van der Waals surface area (Å²) in [6.07, 6.45) is 5.49. The van der Waals surface area contributed by atoms with Gasteiger partial charge in [-0.25, -0.2) is 26.3 Å². The second-order valence-electron chi connectivity index (χ2n) is 6.65. The molecule has 0 spiro atoms. The molecule has 3 aliphatic rings. The Morgan fingerprint density at radius 1 is 0.643 bits per heavy atom. The van der Waals surface area contributed by atoms with Crippen molar-refractivity contribution in [3.05, 3.63) is 70.3 Å². The summed E-state index contributed by atoms with van der Waals surface area (Å²) in [6.45, 7) is 0. The second-order valence-corrected chi connectivity index (χ2v) is 9.94. The maximum Gasteiger partial charge on any atom is 2.00 e. The van der Waals surface area contributed by atoms with Gasteiger partial charge in [-0.2, -0.15) is 0 Å². The third kappa shape index (κ3) is 5.24. The van der Waals surface area contributed by atoms with Crippen molar-refractivity contribution in [1.82, 2.24) is 0 Å². The summed E-state index contributed by atoms with van der Waals surface area (Å²) < 4.78 is 82.9. The molecule has 28 heavy (non-hydrogen) atoms. The third-order valence-electron chi connectivity index (χ3n) is 4.55. The third-order valence-corrected chi connectivity index (χ3v) is 8.29. The van der Waals surface area contributed by atoms with Crippen LogP contribution >= 0.6 is 0 Å². The zero-order valence-corrected chi connectivity index (χ0v) is 17.7. The van der Waals surface area contributed by atoms with Gasteiger partial charge >= 0.3 is 23.1 Å². The summed E-state index contributed by atoms with van der Waals surface area (Å²) in [7, 11) is -4.57. The molecule has 0 saturated carbocycles. The molecule has 0 aromatic heterocycles. The summed E-state index contributed by atoms with van der Waals surface area (Å²) in [5, 5.41) is -0.792. The van der Waals surface area contributed by atoms with Gasteiger partial charge in [0, 0.05) is 27.6 Å². The van der Waals surface area contributed by atoms with E-state index in [1.165, 1.54) is 18.2 Å². The van der Waals surface area contributed by atoms with Crippen LogP contribution in [0.5, 0.6) is 0 Å². The number of halogens is 7. The molecule has 3 aliphatic carbocycles. The number of hydrogen-bond donors (Lipinski definition) is 0. The standard InChI is InChI=1S/C18H15F6OSi.ClH.Mg/c19-16(20)7-1-4-13(10-16)26(25,14-5-2-8-17(21,22)11-14)15-6-3-9-18(23,24)12-15;;/h1-9H,10-12H2;1H;/q-1;;+2/p-1. The summed E-state index contributed by atoms with van der Waals surface area (Å²) >= 11 is 0. The van der Waals surface area contributed by atoms with Gasteiger partial charge in [-0.05, 0) is 18.2 Å². The van der Waals surface area contributed by atoms with E-state index >= 15 is 0 Å². The van der Waals surface area contributed by atoms with E-state index in [0.29, 0.717) is 18.2 Å². The van der Waals surface area contributed by atoms with Crippen LogP contribution < -0.4 is 17.2 Å². The molecule has 0 radical (unpaired) electrons. The van der Waals surface area contributed by atoms with Gasteiger partial charge in [0.1, 0.15) is 0 Å². The fourth-order valence-electron chi connectivity index (χ4n) is 3.37. The Kier molecular flexibility index (Phi) is 7.72. The monoisotopic (exact) mass is 448 g/mol. The van der Waals surface area contributed by atoms with Crippen LogP contribution in [-0.4, -0.2) is 49.1 Å². The molecule has 0 aromatic rings. The molecule has 1 nitrogen and oxygen atoms in total. The minimum atomic E-state index is -4.57. The zero-order chi connectivity index (χ0) is 19.2. The summed E-state index contributed by atoms with van der Waals surface area (Å²) in [5.41, 5.74) is 0. The van der Waals surface area contributed by atoms with E-state index < -0.39 is 45.3 Å². The van der Waals surface area contributed by atoms with Crippen LogP contribution in [0.1, 0.15) is 19.3 Å². The minimum absolute atomic E-state index is 0. The van der Waals surface area contributed by atoms with E-state index in [-0.39, 0.29) is 51.0 Å². The molecule has 0 N–H and O–H groups in total. The van der Waals surface area contributed by atoms with Crippen molar-refractivity contribution >= 4 is 31.4 Å². The van der Waals surface area contributed by atoms with Gasteiger partial charge in [0.05, 0.1) is 0 Å². The number of hydrogen-bond acceptors (Lipinski definition) is 1. The Labute approximate surface area is 182 Å². The molecular weight excluding hydrogens is 434 g/mol. The van der Waals surface area contributed by atoms with Crippen LogP contribution in [0.4, 0.5) is 26.3 Å². The van der Waals surface area contributed by atoms with Gasteiger partial charge in [-0.15, -0.1) is 0 Å². The molecule has 0 amide bonds. The SMILES string of the molecule is [Cl-].[Mg+2].[O-][Si](C1=CC=CC(F)(F)C1)(C1=CC=CC(F)(F)C1)C1=CC=CC(F)(F)C1. The van der Waals surface area contributed by atoms with Crippen molar-refractivity contribution in [3.63, 3.8) is 0 Å². The Morgan fingerprint density at radius 3 is 1.11 bits per heavy atom. The van der Waals surface area contributed by atoms with E-state index in [4.69, 9.17) is 0 Å². The second kappa shape index (κ2) is 8.55. The molecule has 0 aromatic carbocycles. The fourth-order valence-corrected chi connectivity index (χ4v) is 7.06. The smallest absolute Gasteiger partial charge is 1.00 e. The van der Waals surface area contributed by atoms with E-state index in [2.05, 4.69) is 0 Å². The van der Waals surface area contributed by atoms with E-state index in [1.54, 1.807) is 0 Å². The minimum Gasteiger partial charge on any atom is -1.00 e. The van der Waals surface area contributed by atoms with Crippen LogP contribution in [0.2, 0.25) is 0 Å². The summed E-state index contributed by atoms with van der Waals surface area (Å²) in [5.74, 6) is -9.93. The molecule has 0 heterocycles. The van der Waals surface area contributed by atoms with Gasteiger partial charge in [-0.1, -0.05) is 52.0 Å². The molecule has 0 unspecified atom stereocenters. The quantitative estimate of drug-likeness (QED) is 0.468. The molecular formula is C18H15ClF6MgOSi. The fraction of sp³-hybridized carbons (Fsp3) is 0.333. The van der Waals surface area contributed by atoms with Crippen molar-refractivity contribution in [1.29, 1.82) is 0 Å². The molecule has 10 heteroatoms. The van der Waals surface area contributed by atoms with Crippen molar-refractivity contribution < 1.29 is 43.5 Å². The molecule has 0 saturated heterocycles. The Bertz CT molecular complexity index is 695. The van der Waals surface area contributed by atoms with E-state index in [0.717, 1.165) is 18.2 Å². The zero-order valence-electron chi connectivity index (χ0n) is 14.6. The first-order chi connectivity index (χ1) is 11.9. The van der Waals surface area contributed by atoms with Crippen LogP contribution in [0.15, 0.2) is 70.3 Å². The average molecular weight is 449 g/mol. The molecule has 0 aliphatic heterocycles. The maximum atomic E-state index is 13.9. The Balaban J connectivity index is 0.00000196. The van der Waals surface area contributed by atoms with E-state index in [1.807, 2.05) is 0 Å². The van der Waals surface area contributed by atoms with Crippen molar-refractivity contribution in [3.8, 4) is 0 Å². The molecule has 0 bridgehead atoms. The first-order valence-corrected chi connectivity index (χ1v) is 9.85. The molecule has 0 fully saturated rings. The first kappa shape index (κ1) is 25.3.